The van der Waals surface area contributed by atoms with Crippen molar-refractivity contribution in [1.29, 1.82) is 0 Å². The molecule has 9 heteroatoms. The number of rotatable bonds is 7. The number of benzene rings is 1. The van der Waals surface area contributed by atoms with Crippen LogP contribution < -0.4 is 5.32 Å². The van der Waals surface area contributed by atoms with E-state index in [9.17, 15) is 13.2 Å². The van der Waals surface area contributed by atoms with E-state index in [4.69, 9.17) is 11.6 Å². The maximum atomic E-state index is 13.1. The zero-order valence-corrected chi connectivity index (χ0v) is 20.7. The van der Waals surface area contributed by atoms with Crippen LogP contribution in [0.15, 0.2) is 40.6 Å². The highest BCUT2D eigenvalue weighted by molar-refractivity contribution is 7.89. The maximum Gasteiger partial charge on any atom is 0.252 e. The lowest BCUT2D eigenvalue weighted by Gasteiger charge is -2.36. The van der Waals surface area contributed by atoms with Gasteiger partial charge in [-0.15, -0.1) is 11.3 Å². The zero-order chi connectivity index (χ0) is 22.7. The summed E-state index contributed by atoms with van der Waals surface area (Å²) in [6.45, 7) is 5.78. The molecule has 0 saturated carbocycles. The molecule has 0 spiro atoms. The van der Waals surface area contributed by atoms with Gasteiger partial charge in [-0.2, -0.15) is 4.31 Å². The van der Waals surface area contributed by atoms with Crippen LogP contribution in [0.3, 0.4) is 0 Å². The van der Waals surface area contributed by atoms with Gasteiger partial charge in [0.15, 0.2) is 0 Å². The second-order valence-electron chi connectivity index (χ2n) is 8.71. The van der Waals surface area contributed by atoms with Crippen LogP contribution >= 0.6 is 22.9 Å². The summed E-state index contributed by atoms with van der Waals surface area (Å²) < 4.78 is 27.3. The van der Waals surface area contributed by atoms with E-state index in [1.54, 1.807) is 11.3 Å². The molecule has 0 aliphatic carbocycles. The summed E-state index contributed by atoms with van der Waals surface area (Å²) in [5.74, 6) is 0.379. The number of likely N-dealkylation sites (tertiary alicyclic amines) is 1. The van der Waals surface area contributed by atoms with Crippen molar-refractivity contribution in [2.24, 2.45) is 5.92 Å². The molecule has 3 heterocycles. The highest BCUT2D eigenvalue weighted by atomic mass is 35.5. The number of nitrogens with zero attached hydrogens (tertiary/aromatic N) is 2. The molecule has 2 saturated heterocycles. The molecule has 2 aliphatic rings. The lowest BCUT2D eigenvalue weighted by molar-refractivity contribution is 0.0915. The van der Waals surface area contributed by atoms with Crippen LogP contribution in [-0.4, -0.2) is 56.3 Å². The Bertz CT molecular complexity index is 1030. The van der Waals surface area contributed by atoms with Crippen molar-refractivity contribution >= 4 is 38.9 Å². The van der Waals surface area contributed by atoms with Crippen LogP contribution in [-0.2, 0) is 10.0 Å². The van der Waals surface area contributed by atoms with E-state index in [2.05, 4.69) is 28.6 Å². The van der Waals surface area contributed by atoms with Gasteiger partial charge in [0.25, 0.3) is 5.91 Å². The Morgan fingerprint density at radius 1 is 1.19 bits per heavy atom. The molecule has 1 amide bonds. The van der Waals surface area contributed by atoms with Crippen molar-refractivity contribution < 1.29 is 13.2 Å². The average molecular weight is 496 g/mol. The predicted molar refractivity (Wildman–Crippen MR) is 129 cm³/mol. The molecule has 0 radical (unpaired) electrons. The maximum absolute atomic E-state index is 13.1. The molecular weight excluding hydrogens is 466 g/mol. The molecular formula is C23H30ClN3O3S2. The fourth-order valence-corrected chi connectivity index (χ4v) is 7.04. The second-order valence-corrected chi connectivity index (χ2v) is 12.0. The Balaban J connectivity index is 1.50. The van der Waals surface area contributed by atoms with Gasteiger partial charge in [-0.3, -0.25) is 9.69 Å². The molecule has 1 atom stereocenters. The summed E-state index contributed by atoms with van der Waals surface area (Å²) in [4.78, 5) is 16.8. The number of carbonyl (C=O) groups excluding carboxylic acids is 1. The average Bonchev–Trinajstić information content (AvgIpc) is 3.50. The normalized spacial score (nSPS) is 19.8. The van der Waals surface area contributed by atoms with Crippen LogP contribution in [0, 0.1) is 5.92 Å². The third-order valence-electron chi connectivity index (χ3n) is 6.47. The number of sulfonamides is 1. The molecule has 2 aromatic rings. The molecule has 2 fully saturated rings. The summed E-state index contributed by atoms with van der Waals surface area (Å²) in [5, 5.41) is 5.33. The lowest BCUT2D eigenvalue weighted by atomic mass is 9.97. The number of piperidine rings is 1. The third-order valence-corrected chi connectivity index (χ3v) is 9.67. The molecule has 2 aliphatic heterocycles. The largest absolute Gasteiger partial charge is 0.350 e. The van der Waals surface area contributed by atoms with E-state index in [1.807, 2.05) is 6.07 Å². The monoisotopic (exact) mass is 495 g/mol. The van der Waals surface area contributed by atoms with Gasteiger partial charge in [-0.1, -0.05) is 24.6 Å². The van der Waals surface area contributed by atoms with Gasteiger partial charge in [0.05, 0.1) is 21.5 Å². The van der Waals surface area contributed by atoms with Crippen molar-refractivity contribution in [3.63, 3.8) is 0 Å². The van der Waals surface area contributed by atoms with Crippen molar-refractivity contribution in [2.45, 2.75) is 43.5 Å². The van der Waals surface area contributed by atoms with Crippen molar-refractivity contribution in [3.8, 4) is 0 Å². The number of halogens is 1. The van der Waals surface area contributed by atoms with Crippen LogP contribution in [0.4, 0.5) is 0 Å². The molecule has 32 heavy (non-hydrogen) atoms. The Morgan fingerprint density at radius 2 is 1.91 bits per heavy atom. The molecule has 4 rings (SSSR count). The van der Waals surface area contributed by atoms with E-state index in [0.717, 1.165) is 44.7 Å². The number of hydrogen-bond acceptors (Lipinski definition) is 5. The quantitative estimate of drug-likeness (QED) is 0.618. The van der Waals surface area contributed by atoms with Crippen LogP contribution in [0.5, 0.6) is 0 Å². The highest BCUT2D eigenvalue weighted by Crippen LogP contribution is 2.30. The van der Waals surface area contributed by atoms with Crippen molar-refractivity contribution in [3.05, 3.63) is 51.2 Å². The number of nitrogens with one attached hydrogen (secondary N) is 1. The van der Waals surface area contributed by atoms with Crippen molar-refractivity contribution in [1.82, 2.24) is 14.5 Å². The fraction of sp³-hybridized carbons (Fsp3) is 0.522. The standard InChI is InChI=1S/C23H30ClN3O3S2/c1-17-8-12-26(13-9-17)21(22-5-4-14-31-22)16-25-23(28)19-15-18(6-7-20(19)24)32(29,30)27-10-2-3-11-27/h4-7,14-15,17,21H,2-3,8-13,16H2,1H3,(H,25,28). The Kier molecular flexibility index (Phi) is 7.57. The minimum atomic E-state index is -3.61. The molecule has 174 valence electrons. The molecule has 1 aromatic heterocycles. The molecule has 1 N–H and O–H groups in total. The van der Waals surface area contributed by atoms with Gasteiger partial charge in [0, 0.05) is 24.5 Å². The Labute approximate surface area is 199 Å². The first-order valence-electron chi connectivity index (χ1n) is 11.2. The predicted octanol–water partition coefficient (Wildman–Crippen LogP) is 4.39. The smallest absolute Gasteiger partial charge is 0.252 e. The van der Waals surface area contributed by atoms with E-state index in [-0.39, 0.29) is 27.4 Å². The summed E-state index contributed by atoms with van der Waals surface area (Å²) in [6.07, 6.45) is 4.02. The SMILES string of the molecule is CC1CCN(C(CNC(=O)c2cc(S(=O)(=O)N3CCCC3)ccc2Cl)c2cccs2)CC1. The van der Waals surface area contributed by atoms with Gasteiger partial charge < -0.3 is 5.32 Å². The Hall–Kier alpha value is -1.45. The van der Waals surface area contributed by atoms with Gasteiger partial charge >= 0.3 is 0 Å². The molecule has 6 nitrogen and oxygen atoms in total. The summed E-state index contributed by atoms with van der Waals surface area (Å²) in [5.41, 5.74) is 0.198. The van der Waals surface area contributed by atoms with Crippen LogP contribution in [0.25, 0.3) is 0 Å². The number of thiophene rings is 1. The zero-order valence-electron chi connectivity index (χ0n) is 18.3. The molecule has 1 aromatic carbocycles. The van der Waals surface area contributed by atoms with Crippen molar-refractivity contribution in [2.75, 3.05) is 32.7 Å². The van der Waals surface area contributed by atoms with Crippen LogP contribution in [0.1, 0.15) is 53.9 Å². The number of amides is 1. The number of carbonyl (C=O) groups is 1. The van der Waals surface area contributed by atoms with E-state index in [0.29, 0.717) is 19.6 Å². The van der Waals surface area contributed by atoms with E-state index in [1.165, 1.54) is 27.4 Å². The fourth-order valence-electron chi connectivity index (χ4n) is 4.43. The molecule has 0 bridgehead atoms. The van der Waals surface area contributed by atoms with Gasteiger partial charge in [0.1, 0.15) is 0 Å². The molecule has 1 unspecified atom stereocenters. The van der Waals surface area contributed by atoms with Gasteiger partial charge in [0.2, 0.25) is 10.0 Å². The number of hydrogen-bond donors (Lipinski definition) is 1. The van der Waals surface area contributed by atoms with E-state index < -0.39 is 10.0 Å². The first kappa shape index (κ1) is 23.7. The summed E-state index contributed by atoms with van der Waals surface area (Å²) in [7, 11) is -3.61. The minimum absolute atomic E-state index is 0.0988. The Morgan fingerprint density at radius 3 is 2.56 bits per heavy atom. The van der Waals surface area contributed by atoms with Crippen LogP contribution in [0.2, 0.25) is 5.02 Å². The topological polar surface area (TPSA) is 69.7 Å². The minimum Gasteiger partial charge on any atom is -0.350 e. The van der Waals surface area contributed by atoms with E-state index >= 15 is 0 Å². The lowest BCUT2D eigenvalue weighted by Crippen LogP contribution is -2.41. The first-order valence-corrected chi connectivity index (χ1v) is 13.9. The third kappa shape index (κ3) is 5.20. The summed E-state index contributed by atoms with van der Waals surface area (Å²) in [6, 6.07) is 8.63. The second kappa shape index (κ2) is 10.2. The summed E-state index contributed by atoms with van der Waals surface area (Å²) >= 11 is 7.99. The van der Waals surface area contributed by atoms with Gasteiger partial charge in [-0.05, 0) is 74.3 Å². The van der Waals surface area contributed by atoms with Gasteiger partial charge in [-0.25, -0.2) is 8.42 Å². The highest BCUT2D eigenvalue weighted by Gasteiger charge is 2.29. The first-order chi connectivity index (χ1) is 15.4.